The summed E-state index contributed by atoms with van der Waals surface area (Å²) in [5, 5.41) is 8.25. The molecule has 1 aromatic rings. The summed E-state index contributed by atoms with van der Waals surface area (Å²) in [5.74, 6) is -0.356. The predicted molar refractivity (Wildman–Crippen MR) is 39.2 cm³/mol. The quantitative estimate of drug-likeness (QED) is 0.629. The Kier molecular flexibility index (Phi) is 2.62. The van der Waals surface area contributed by atoms with Crippen LogP contribution < -0.4 is 0 Å². The van der Waals surface area contributed by atoms with Crippen LogP contribution >= 0.6 is 0 Å². The third-order valence-electron chi connectivity index (χ3n) is 1.36. The minimum absolute atomic E-state index is 0.356. The van der Waals surface area contributed by atoms with Crippen molar-refractivity contribution in [2.45, 2.75) is 12.8 Å². The number of nitriles is 1. The van der Waals surface area contributed by atoms with E-state index in [0.29, 0.717) is 12.8 Å². The summed E-state index contributed by atoms with van der Waals surface area (Å²) in [7, 11) is 0. The monoisotopic (exact) mass is 148 g/mol. The summed E-state index contributed by atoms with van der Waals surface area (Å²) in [5.41, 5.74) is 0.952. The number of hydrogen-bond acceptors (Lipinski definition) is 1. The maximum Gasteiger partial charge on any atom is 0.131 e. The van der Waals surface area contributed by atoms with Crippen LogP contribution in [0.25, 0.3) is 0 Å². The molecular weight excluding hydrogens is 141 g/mol. The molecule has 0 saturated carbocycles. The summed E-state index contributed by atoms with van der Waals surface area (Å²) in [6.07, 6.45) is 1.15. The fourth-order valence-electron chi connectivity index (χ4n) is 0.794. The van der Waals surface area contributed by atoms with E-state index in [0.717, 1.165) is 5.56 Å². The van der Waals surface area contributed by atoms with E-state index < -0.39 is 0 Å². The number of halogens is 1. The third kappa shape index (κ3) is 2.38. The smallest absolute Gasteiger partial charge is 0.131 e. The van der Waals surface area contributed by atoms with E-state index in [1.54, 1.807) is 12.1 Å². The summed E-state index contributed by atoms with van der Waals surface area (Å²) in [6, 6.07) is 9.06. The van der Waals surface area contributed by atoms with Gasteiger partial charge in [-0.05, 0) is 24.1 Å². The Hall–Kier alpha value is -1.36. The van der Waals surface area contributed by atoms with Crippen LogP contribution in [0.3, 0.4) is 0 Å². The lowest BCUT2D eigenvalue weighted by atomic mass is 10.1. The highest BCUT2D eigenvalue weighted by Gasteiger charge is 1.92. The van der Waals surface area contributed by atoms with Gasteiger partial charge in [0.1, 0.15) is 5.82 Å². The van der Waals surface area contributed by atoms with Gasteiger partial charge in [0.05, 0.1) is 6.07 Å². The summed E-state index contributed by atoms with van der Waals surface area (Å²) in [4.78, 5) is 0. The van der Waals surface area contributed by atoms with Crippen LogP contribution in [-0.2, 0) is 6.42 Å². The van der Waals surface area contributed by atoms with Crippen LogP contribution in [0.15, 0.2) is 18.2 Å². The topological polar surface area (TPSA) is 23.8 Å². The molecule has 2 heteroatoms. The maximum absolute atomic E-state index is 12.3. The van der Waals surface area contributed by atoms with Gasteiger partial charge in [0.15, 0.2) is 0 Å². The number of nitrogens with zero attached hydrogens (tertiary/aromatic N) is 1. The minimum Gasteiger partial charge on any atom is -0.206 e. The molecule has 0 fully saturated rings. The van der Waals surface area contributed by atoms with Gasteiger partial charge < -0.3 is 0 Å². The zero-order chi connectivity index (χ0) is 8.10. The maximum atomic E-state index is 12.3. The van der Waals surface area contributed by atoms with Crippen LogP contribution in [0.5, 0.6) is 0 Å². The summed E-state index contributed by atoms with van der Waals surface area (Å²) >= 11 is 0. The molecule has 0 atom stereocenters. The molecule has 1 radical (unpaired) electrons. The molecule has 0 amide bonds. The zero-order valence-electron chi connectivity index (χ0n) is 5.97. The molecule has 1 rings (SSSR count). The summed E-state index contributed by atoms with van der Waals surface area (Å²) in [6.45, 7) is 0. The molecule has 11 heavy (non-hydrogen) atoms. The second kappa shape index (κ2) is 3.72. The van der Waals surface area contributed by atoms with Gasteiger partial charge in [-0.25, -0.2) is 4.39 Å². The van der Waals surface area contributed by atoms with Crippen LogP contribution in [0, 0.1) is 23.2 Å². The Balaban J connectivity index is 2.60. The van der Waals surface area contributed by atoms with E-state index in [1.165, 1.54) is 6.07 Å². The molecule has 0 aliphatic heterocycles. The molecule has 0 unspecified atom stereocenters. The van der Waals surface area contributed by atoms with Gasteiger partial charge in [0.2, 0.25) is 0 Å². The van der Waals surface area contributed by atoms with Crippen molar-refractivity contribution in [3.8, 4) is 6.07 Å². The molecule has 0 bridgehead atoms. The Bertz CT molecular complexity index is 258. The number of hydrogen-bond donors (Lipinski definition) is 0. The Labute approximate surface area is 65.1 Å². The van der Waals surface area contributed by atoms with Crippen molar-refractivity contribution in [1.29, 1.82) is 5.26 Å². The lowest BCUT2D eigenvalue weighted by Crippen LogP contribution is -1.83. The van der Waals surface area contributed by atoms with Crippen LogP contribution in [0.2, 0.25) is 0 Å². The molecule has 0 N–H and O–H groups in total. The van der Waals surface area contributed by atoms with Crippen molar-refractivity contribution in [2.75, 3.05) is 0 Å². The normalized spacial score (nSPS) is 9.09. The van der Waals surface area contributed by atoms with Gasteiger partial charge >= 0.3 is 0 Å². The average molecular weight is 148 g/mol. The van der Waals surface area contributed by atoms with Crippen LogP contribution in [0.1, 0.15) is 12.0 Å². The highest BCUT2D eigenvalue weighted by atomic mass is 19.1. The molecule has 0 aromatic heterocycles. The molecule has 0 heterocycles. The van der Waals surface area contributed by atoms with Crippen molar-refractivity contribution >= 4 is 0 Å². The highest BCUT2D eigenvalue weighted by molar-refractivity contribution is 5.15. The number of aryl methyl sites for hydroxylation is 1. The van der Waals surface area contributed by atoms with Crippen LogP contribution in [0.4, 0.5) is 4.39 Å². The van der Waals surface area contributed by atoms with Crippen molar-refractivity contribution in [3.05, 3.63) is 35.6 Å². The third-order valence-corrected chi connectivity index (χ3v) is 1.36. The van der Waals surface area contributed by atoms with Crippen molar-refractivity contribution in [3.63, 3.8) is 0 Å². The Morgan fingerprint density at radius 2 is 2.36 bits per heavy atom. The Morgan fingerprint density at radius 3 is 2.91 bits per heavy atom. The van der Waals surface area contributed by atoms with Gasteiger partial charge in [0.25, 0.3) is 0 Å². The summed E-state index contributed by atoms with van der Waals surface area (Å²) < 4.78 is 12.3. The van der Waals surface area contributed by atoms with Crippen LogP contribution in [-0.4, -0.2) is 0 Å². The van der Waals surface area contributed by atoms with E-state index in [1.807, 2.05) is 6.07 Å². The molecule has 0 aliphatic carbocycles. The zero-order valence-corrected chi connectivity index (χ0v) is 5.97. The lowest BCUT2D eigenvalue weighted by molar-refractivity contribution is 0.624. The fraction of sp³-hybridized carbons (Fsp3) is 0.222. The van der Waals surface area contributed by atoms with E-state index >= 15 is 0 Å². The minimum atomic E-state index is -0.356. The predicted octanol–water partition coefficient (Wildman–Crippen LogP) is 2.08. The van der Waals surface area contributed by atoms with Gasteiger partial charge in [-0.2, -0.15) is 5.26 Å². The van der Waals surface area contributed by atoms with E-state index in [4.69, 9.17) is 5.26 Å². The van der Waals surface area contributed by atoms with Crippen molar-refractivity contribution in [2.24, 2.45) is 0 Å². The second-order valence-electron chi connectivity index (χ2n) is 2.20. The van der Waals surface area contributed by atoms with Gasteiger partial charge in [-0.15, -0.1) is 0 Å². The van der Waals surface area contributed by atoms with Gasteiger partial charge in [-0.1, -0.05) is 6.07 Å². The first-order valence-electron chi connectivity index (χ1n) is 3.36. The van der Waals surface area contributed by atoms with Gasteiger partial charge in [0, 0.05) is 12.5 Å². The first-order valence-corrected chi connectivity index (χ1v) is 3.36. The van der Waals surface area contributed by atoms with Crippen molar-refractivity contribution in [1.82, 2.24) is 0 Å². The molecule has 1 nitrogen and oxygen atoms in total. The molecule has 0 saturated heterocycles. The van der Waals surface area contributed by atoms with E-state index in [2.05, 4.69) is 6.07 Å². The highest BCUT2D eigenvalue weighted by Crippen LogP contribution is 2.03. The van der Waals surface area contributed by atoms with E-state index in [9.17, 15) is 4.39 Å². The molecule has 0 aliphatic rings. The lowest BCUT2D eigenvalue weighted by Gasteiger charge is -1.94. The first kappa shape index (κ1) is 7.74. The first-order chi connectivity index (χ1) is 5.33. The molecule has 0 spiro atoms. The SMILES string of the molecule is N#CCCc1c[c]c(F)cc1. The number of benzene rings is 1. The van der Waals surface area contributed by atoms with Crippen molar-refractivity contribution < 1.29 is 4.39 Å². The second-order valence-corrected chi connectivity index (χ2v) is 2.20. The standard InChI is InChI=1S/C9H7FN/c10-9-5-3-8(4-6-9)2-1-7-11/h3-5H,1-2H2. The average Bonchev–Trinajstić information content (AvgIpc) is 2.04. The molecular formula is C9H7FN. The Morgan fingerprint density at radius 1 is 1.55 bits per heavy atom. The number of rotatable bonds is 2. The van der Waals surface area contributed by atoms with Gasteiger partial charge in [-0.3, -0.25) is 0 Å². The van der Waals surface area contributed by atoms with E-state index in [-0.39, 0.29) is 5.82 Å². The fourth-order valence-corrected chi connectivity index (χ4v) is 0.794. The largest absolute Gasteiger partial charge is 0.206 e. The molecule has 55 valence electrons. The molecule has 1 aromatic carbocycles.